The minimum Gasteiger partial charge on any atom is -0.443 e. The number of nitrogens with one attached hydrogen (secondary N) is 1. The largest absolute Gasteiger partial charge is 0.443 e. The number of ether oxygens (including phenoxy) is 1. The number of hydrogen-bond acceptors (Lipinski definition) is 6. The number of hydrazine groups is 1. The lowest BCUT2D eigenvalue weighted by molar-refractivity contribution is -0.0791. The Morgan fingerprint density at radius 2 is 1.84 bits per heavy atom. The number of carbonyl (C=O) groups excluding carboxylic acids is 1. The Kier molecular flexibility index (Phi) is 6.34. The monoisotopic (exact) mass is 435 g/mol. The first-order valence-corrected chi connectivity index (χ1v) is 11.7. The van der Waals surface area contributed by atoms with Crippen LogP contribution in [0.15, 0.2) is 23.7 Å². The molecular formula is C23H38FN5O2. The standard InChI is InChI=1S/C23H38FN5O2/c1-22(2,3)31-21(30)26-29-10-6-18(7-11-29)28-15-23(16-28)8-12-27(13-9-23)20-5-4-17(25)14-19(20)24/h4-5,17-18H,6-16,25H2,1-3H3,(H,26,30). The molecule has 0 aromatic heterocycles. The fourth-order valence-corrected chi connectivity index (χ4v) is 5.35. The smallest absolute Gasteiger partial charge is 0.422 e. The highest BCUT2D eigenvalue weighted by Gasteiger charge is 2.47. The van der Waals surface area contributed by atoms with Crippen LogP contribution in [0.4, 0.5) is 9.18 Å². The van der Waals surface area contributed by atoms with Gasteiger partial charge in [0.1, 0.15) is 11.4 Å². The van der Waals surface area contributed by atoms with Crippen LogP contribution in [0.2, 0.25) is 0 Å². The van der Waals surface area contributed by atoms with Gasteiger partial charge in [-0.3, -0.25) is 10.3 Å². The summed E-state index contributed by atoms with van der Waals surface area (Å²) < 4.78 is 19.7. The number of likely N-dealkylation sites (tertiary alicyclic amines) is 2. The molecule has 3 saturated heterocycles. The van der Waals surface area contributed by atoms with Crippen LogP contribution in [-0.2, 0) is 4.74 Å². The molecule has 0 aromatic carbocycles. The average Bonchev–Trinajstić information content (AvgIpc) is 2.66. The molecule has 1 spiro atoms. The van der Waals surface area contributed by atoms with E-state index in [-0.39, 0.29) is 18.0 Å². The van der Waals surface area contributed by atoms with E-state index in [1.165, 1.54) is 0 Å². The van der Waals surface area contributed by atoms with Gasteiger partial charge in [-0.15, -0.1) is 0 Å². The molecule has 1 atom stereocenters. The first-order valence-electron chi connectivity index (χ1n) is 11.7. The Bertz CT molecular complexity index is 723. The number of rotatable bonds is 3. The van der Waals surface area contributed by atoms with Crippen molar-refractivity contribution in [1.29, 1.82) is 0 Å². The van der Waals surface area contributed by atoms with Gasteiger partial charge in [0, 0.05) is 57.8 Å². The highest BCUT2D eigenvalue weighted by Crippen LogP contribution is 2.43. The summed E-state index contributed by atoms with van der Waals surface area (Å²) in [6, 6.07) is 0.397. The van der Waals surface area contributed by atoms with Gasteiger partial charge in [0.05, 0.1) is 5.70 Å². The number of halogens is 1. The van der Waals surface area contributed by atoms with Gasteiger partial charge in [-0.25, -0.2) is 14.2 Å². The molecular weight excluding hydrogens is 397 g/mol. The van der Waals surface area contributed by atoms with Gasteiger partial charge in [0.2, 0.25) is 0 Å². The van der Waals surface area contributed by atoms with Crippen LogP contribution in [0.1, 0.15) is 52.9 Å². The predicted octanol–water partition coefficient (Wildman–Crippen LogP) is 2.76. The van der Waals surface area contributed by atoms with Crippen LogP contribution in [0.5, 0.6) is 0 Å². The van der Waals surface area contributed by atoms with E-state index in [1.807, 2.05) is 37.9 Å². The fraction of sp³-hybridized carbons (Fsp3) is 0.783. The summed E-state index contributed by atoms with van der Waals surface area (Å²) in [6.45, 7) is 11.5. The van der Waals surface area contributed by atoms with Crippen molar-refractivity contribution in [3.63, 3.8) is 0 Å². The van der Waals surface area contributed by atoms with Gasteiger partial charge in [0.15, 0.2) is 0 Å². The third-order valence-electron chi connectivity index (χ3n) is 7.07. The number of nitrogens with zero attached hydrogens (tertiary/aromatic N) is 3. The van der Waals surface area contributed by atoms with Crippen LogP contribution >= 0.6 is 0 Å². The van der Waals surface area contributed by atoms with Gasteiger partial charge >= 0.3 is 6.09 Å². The quantitative estimate of drug-likeness (QED) is 0.710. The Labute approximate surface area is 185 Å². The second-order valence-corrected chi connectivity index (χ2v) is 10.7. The Hall–Kier alpha value is -1.64. The van der Waals surface area contributed by atoms with Crippen LogP contribution in [0, 0.1) is 5.41 Å². The van der Waals surface area contributed by atoms with E-state index >= 15 is 0 Å². The molecule has 3 heterocycles. The molecule has 0 bridgehead atoms. The molecule has 31 heavy (non-hydrogen) atoms. The maximum absolute atomic E-state index is 14.3. The van der Waals surface area contributed by atoms with E-state index in [1.54, 1.807) is 0 Å². The third kappa shape index (κ3) is 5.41. The summed E-state index contributed by atoms with van der Waals surface area (Å²) in [4.78, 5) is 16.8. The molecule has 1 unspecified atom stereocenters. The molecule has 0 radical (unpaired) electrons. The summed E-state index contributed by atoms with van der Waals surface area (Å²) >= 11 is 0. The van der Waals surface area contributed by atoms with E-state index in [0.717, 1.165) is 70.6 Å². The molecule has 174 valence electrons. The van der Waals surface area contributed by atoms with Gasteiger partial charge in [-0.2, -0.15) is 0 Å². The summed E-state index contributed by atoms with van der Waals surface area (Å²) in [6.07, 6.45) is 8.09. The molecule has 3 fully saturated rings. The molecule has 4 aliphatic rings. The molecule has 0 aromatic rings. The first kappa shape index (κ1) is 22.6. The van der Waals surface area contributed by atoms with Crippen LogP contribution in [0.3, 0.4) is 0 Å². The Morgan fingerprint density at radius 1 is 1.19 bits per heavy atom. The number of hydrogen-bond donors (Lipinski definition) is 2. The SMILES string of the molecule is CC(C)(C)OC(=O)NN1CCC(N2CC3(CCN(C4=C(F)CC(N)C=C4)CC3)C2)CC1. The summed E-state index contributed by atoms with van der Waals surface area (Å²) in [7, 11) is 0. The Morgan fingerprint density at radius 3 is 2.42 bits per heavy atom. The van der Waals surface area contributed by atoms with Gasteiger partial charge in [-0.05, 0) is 57.9 Å². The minimum absolute atomic E-state index is 0.0621. The lowest BCUT2D eigenvalue weighted by Gasteiger charge is -2.57. The maximum Gasteiger partial charge on any atom is 0.422 e. The van der Waals surface area contributed by atoms with Crippen molar-refractivity contribution in [1.82, 2.24) is 20.2 Å². The van der Waals surface area contributed by atoms with Crippen molar-refractivity contribution >= 4 is 6.09 Å². The van der Waals surface area contributed by atoms with E-state index in [0.29, 0.717) is 17.9 Å². The lowest BCUT2D eigenvalue weighted by atomic mass is 9.70. The predicted molar refractivity (Wildman–Crippen MR) is 119 cm³/mol. The van der Waals surface area contributed by atoms with Crippen LogP contribution in [-0.4, -0.2) is 77.9 Å². The maximum atomic E-state index is 14.3. The second-order valence-electron chi connectivity index (χ2n) is 10.7. The summed E-state index contributed by atoms with van der Waals surface area (Å²) in [5.41, 5.74) is 9.35. The average molecular weight is 436 g/mol. The number of amides is 1. The molecule has 8 heteroatoms. The van der Waals surface area contributed by atoms with Crippen LogP contribution < -0.4 is 11.2 Å². The number of carbonyl (C=O) groups is 1. The molecule has 1 aliphatic carbocycles. The van der Waals surface area contributed by atoms with E-state index in [2.05, 4.69) is 15.2 Å². The first-order chi connectivity index (χ1) is 14.6. The number of allylic oxidation sites excluding steroid dienone is 1. The zero-order chi connectivity index (χ0) is 22.2. The third-order valence-corrected chi connectivity index (χ3v) is 7.07. The molecule has 0 saturated carbocycles. The van der Waals surface area contributed by atoms with Gasteiger partial charge < -0.3 is 15.4 Å². The van der Waals surface area contributed by atoms with E-state index in [4.69, 9.17) is 10.5 Å². The van der Waals surface area contributed by atoms with Gasteiger partial charge in [0.25, 0.3) is 0 Å². The van der Waals surface area contributed by atoms with E-state index in [9.17, 15) is 9.18 Å². The molecule has 3 aliphatic heterocycles. The van der Waals surface area contributed by atoms with Crippen molar-refractivity contribution in [2.75, 3.05) is 39.3 Å². The molecule has 7 nitrogen and oxygen atoms in total. The normalized spacial score (nSPS) is 28.0. The van der Waals surface area contributed by atoms with Crippen LogP contribution in [0.25, 0.3) is 0 Å². The number of nitrogens with two attached hydrogens (primary N) is 1. The summed E-state index contributed by atoms with van der Waals surface area (Å²) in [5, 5.41) is 1.98. The molecule has 3 N–H and O–H groups in total. The molecule has 1 amide bonds. The van der Waals surface area contributed by atoms with Crippen molar-refractivity contribution < 1.29 is 13.9 Å². The Balaban J connectivity index is 1.18. The number of piperidine rings is 2. The summed E-state index contributed by atoms with van der Waals surface area (Å²) in [5.74, 6) is -0.0621. The topological polar surface area (TPSA) is 74.1 Å². The minimum atomic E-state index is -0.480. The lowest BCUT2D eigenvalue weighted by Crippen LogP contribution is -2.64. The zero-order valence-electron chi connectivity index (χ0n) is 19.2. The van der Waals surface area contributed by atoms with Crippen molar-refractivity contribution in [2.45, 2.75) is 70.6 Å². The molecule has 4 rings (SSSR count). The second kappa shape index (κ2) is 8.71. The van der Waals surface area contributed by atoms with Gasteiger partial charge in [-0.1, -0.05) is 6.08 Å². The zero-order valence-corrected chi connectivity index (χ0v) is 19.2. The van der Waals surface area contributed by atoms with Crippen molar-refractivity contribution in [3.8, 4) is 0 Å². The fourth-order valence-electron chi connectivity index (χ4n) is 5.35. The van der Waals surface area contributed by atoms with Crippen molar-refractivity contribution in [3.05, 3.63) is 23.7 Å². The highest BCUT2D eigenvalue weighted by atomic mass is 19.1. The van der Waals surface area contributed by atoms with Crippen molar-refractivity contribution in [2.24, 2.45) is 11.1 Å². The highest BCUT2D eigenvalue weighted by molar-refractivity contribution is 5.67. The van der Waals surface area contributed by atoms with E-state index < -0.39 is 5.60 Å².